The largest absolute Gasteiger partial charge is 0.370 e. The van der Waals surface area contributed by atoms with Crippen LogP contribution in [0, 0.1) is 6.92 Å². The van der Waals surface area contributed by atoms with Crippen molar-refractivity contribution in [1.82, 2.24) is 15.3 Å². The number of hydrogen-bond donors (Lipinski definition) is 2. The zero-order valence-electron chi connectivity index (χ0n) is 12.4. The fourth-order valence-corrected chi connectivity index (χ4v) is 3.48. The lowest BCUT2D eigenvalue weighted by molar-refractivity contribution is 0.455. The van der Waals surface area contributed by atoms with Gasteiger partial charge in [-0.25, -0.2) is 9.97 Å². The van der Waals surface area contributed by atoms with Crippen molar-refractivity contribution < 1.29 is 0 Å². The van der Waals surface area contributed by atoms with Gasteiger partial charge in [0.1, 0.15) is 5.82 Å². The van der Waals surface area contributed by atoms with E-state index >= 15 is 0 Å². The van der Waals surface area contributed by atoms with Gasteiger partial charge in [-0.15, -0.1) is 11.3 Å². The summed E-state index contributed by atoms with van der Waals surface area (Å²) in [5, 5.41) is 8.06. The Morgan fingerprint density at radius 3 is 3.14 bits per heavy atom. The second-order valence-corrected chi connectivity index (χ2v) is 6.85. The maximum atomic E-state index is 4.76. The highest BCUT2D eigenvalue weighted by Gasteiger charge is 2.16. The molecular weight excluding hydrogens is 280 g/mol. The van der Waals surface area contributed by atoms with Crippen molar-refractivity contribution in [3.63, 3.8) is 0 Å². The van der Waals surface area contributed by atoms with Gasteiger partial charge in [-0.05, 0) is 38.4 Å². The first-order valence-electron chi connectivity index (χ1n) is 7.64. The van der Waals surface area contributed by atoms with Gasteiger partial charge < -0.3 is 10.6 Å². The van der Waals surface area contributed by atoms with Crippen molar-refractivity contribution in [2.24, 2.45) is 0 Å². The van der Waals surface area contributed by atoms with E-state index in [-0.39, 0.29) is 0 Å². The summed E-state index contributed by atoms with van der Waals surface area (Å²) in [6, 6.07) is 6.30. The Bertz CT molecular complexity index is 575. The van der Waals surface area contributed by atoms with Gasteiger partial charge in [-0.2, -0.15) is 0 Å². The molecular formula is C16H22N4S. The Hall–Kier alpha value is -1.46. The van der Waals surface area contributed by atoms with E-state index in [1.807, 2.05) is 12.3 Å². The van der Waals surface area contributed by atoms with E-state index < -0.39 is 0 Å². The van der Waals surface area contributed by atoms with E-state index in [0.717, 1.165) is 31.9 Å². The molecule has 0 bridgehead atoms. The molecule has 1 aliphatic rings. The topological polar surface area (TPSA) is 49.8 Å². The number of aromatic nitrogens is 2. The first-order chi connectivity index (χ1) is 10.3. The van der Waals surface area contributed by atoms with Gasteiger partial charge in [0.25, 0.3) is 0 Å². The van der Waals surface area contributed by atoms with Crippen molar-refractivity contribution in [2.75, 3.05) is 25.0 Å². The molecule has 3 rings (SSSR count). The summed E-state index contributed by atoms with van der Waals surface area (Å²) in [5.74, 6) is 1.54. The number of rotatable bonds is 5. The lowest BCUT2D eigenvalue weighted by Crippen LogP contribution is -2.28. The number of thiazole rings is 1. The number of nitrogens with zero attached hydrogens (tertiary/aromatic N) is 2. The molecule has 3 heterocycles. The van der Waals surface area contributed by atoms with Crippen molar-refractivity contribution in [3.8, 4) is 0 Å². The van der Waals surface area contributed by atoms with E-state index in [0.29, 0.717) is 5.92 Å². The molecule has 0 saturated carbocycles. The van der Waals surface area contributed by atoms with Gasteiger partial charge in [0.2, 0.25) is 0 Å². The monoisotopic (exact) mass is 302 g/mol. The van der Waals surface area contributed by atoms with Crippen LogP contribution in [0.3, 0.4) is 0 Å². The maximum Gasteiger partial charge on any atom is 0.126 e. The molecule has 1 aliphatic heterocycles. The molecule has 0 spiro atoms. The standard InChI is InChI=1S/C16H22N4S/c1-12-10-19-16(21-12)7-9-18-15-6-2-5-14(20-15)13-4-3-8-17-11-13/h2,5-6,10,13,17H,3-4,7-9,11H2,1H3,(H,18,20). The number of anilines is 1. The van der Waals surface area contributed by atoms with E-state index in [4.69, 9.17) is 4.98 Å². The lowest BCUT2D eigenvalue weighted by atomic mass is 9.96. The predicted molar refractivity (Wildman–Crippen MR) is 88.1 cm³/mol. The summed E-state index contributed by atoms with van der Waals surface area (Å²) in [7, 11) is 0. The molecule has 0 amide bonds. The SMILES string of the molecule is Cc1cnc(CCNc2cccc(C3CCCNC3)n2)s1. The highest BCUT2D eigenvalue weighted by atomic mass is 32.1. The van der Waals surface area contributed by atoms with Gasteiger partial charge >= 0.3 is 0 Å². The lowest BCUT2D eigenvalue weighted by Gasteiger charge is -2.22. The summed E-state index contributed by atoms with van der Waals surface area (Å²) in [6.07, 6.45) is 5.37. The van der Waals surface area contributed by atoms with Crippen LogP contribution < -0.4 is 10.6 Å². The normalized spacial score (nSPS) is 18.6. The first-order valence-corrected chi connectivity index (χ1v) is 8.46. The van der Waals surface area contributed by atoms with Crippen molar-refractivity contribution in [3.05, 3.63) is 40.0 Å². The zero-order chi connectivity index (χ0) is 14.5. The molecule has 1 saturated heterocycles. The predicted octanol–water partition coefficient (Wildman–Crippen LogP) is 2.97. The van der Waals surface area contributed by atoms with Gasteiger partial charge in [-0.3, -0.25) is 0 Å². The van der Waals surface area contributed by atoms with Crippen LogP contribution in [0.4, 0.5) is 5.82 Å². The molecule has 0 radical (unpaired) electrons. The fourth-order valence-electron chi connectivity index (χ4n) is 2.70. The molecule has 1 unspecified atom stereocenters. The minimum Gasteiger partial charge on any atom is -0.370 e. The molecule has 2 N–H and O–H groups in total. The van der Waals surface area contributed by atoms with Crippen molar-refractivity contribution >= 4 is 17.2 Å². The molecule has 1 atom stereocenters. The molecule has 0 aliphatic carbocycles. The van der Waals surface area contributed by atoms with Gasteiger partial charge in [0.05, 0.1) is 5.01 Å². The van der Waals surface area contributed by atoms with Crippen LogP contribution in [-0.4, -0.2) is 29.6 Å². The average molecular weight is 302 g/mol. The molecule has 0 aromatic carbocycles. The van der Waals surface area contributed by atoms with E-state index in [1.165, 1.54) is 28.4 Å². The summed E-state index contributed by atoms with van der Waals surface area (Å²) in [5.41, 5.74) is 1.21. The molecule has 112 valence electrons. The number of aryl methyl sites for hydroxylation is 1. The van der Waals surface area contributed by atoms with E-state index in [2.05, 4.69) is 34.7 Å². The number of piperidine rings is 1. The van der Waals surface area contributed by atoms with Crippen LogP contribution in [0.25, 0.3) is 0 Å². The highest BCUT2D eigenvalue weighted by Crippen LogP contribution is 2.22. The Kier molecular flexibility index (Phi) is 4.83. The zero-order valence-corrected chi connectivity index (χ0v) is 13.2. The summed E-state index contributed by atoms with van der Waals surface area (Å²) in [4.78, 5) is 10.4. The van der Waals surface area contributed by atoms with Crippen molar-refractivity contribution in [1.29, 1.82) is 0 Å². The van der Waals surface area contributed by atoms with Crippen LogP contribution >= 0.6 is 11.3 Å². The van der Waals surface area contributed by atoms with Gasteiger partial charge in [-0.1, -0.05) is 6.07 Å². The quantitative estimate of drug-likeness (QED) is 0.891. The van der Waals surface area contributed by atoms with Crippen molar-refractivity contribution in [2.45, 2.75) is 32.1 Å². The van der Waals surface area contributed by atoms with E-state index in [1.54, 1.807) is 11.3 Å². The van der Waals surface area contributed by atoms with Gasteiger partial charge in [0.15, 0.2) is 0 Å². The number of nitrogens with one attached hydrogen (secondary N) is 2. The fraction of sp³-hybridized carbons (Fsp3) is 0.500. The van der Waals surface area contributed by atoms with Crippen LogP contribution in [0.1, 0.15) is 34.3 Å². The molecule has 2 aromatic rings. The Labute approximate surface area is 130 Å². The third-order valence-corrected chi connectivity index (χ3v) is 4.77. The first kappa shape index (κ1) is 14.5. The molecule has 2 aromatic heterocycles. The minimum atomic E-state index is 0.558. The molecule has 1 fully saturated rings. The Morgan fingerprint density at radius 2 is 2.38 bits per heavy atom. The summed E-state index contributed by atoms with van der Waals surface area (Å²) in [6.45, 7) is 5.17. The Morgan fingerprint density at radius 1 is 1.43 bits per heavy atom. The van der Waals surface area contributed by atoms with Crippen LogP contribution in [0.2, 0.25) is 0 Å². The summed E-state index contributed by atoms with van der Waals surface area (Å²) >= 11 is 1.77. The van der Waals surface area contributed by atoms with Crippen LogP contribution in [0.5, 0.6) is 0 Å². The second-order valence-electron chi connectivity index (χ2n) is 5.53. The Balaban J connectivity index is 1.55. The highest BCUT2D eigenvalue weighted by molar-refractivity contribution is 7.11. The van der Waals surface area contributed by atoms with Crippen LogP contribution in [0.15, 0.2) is 24.4 Å². The van der Waals surface area contributed by atoms with Gasteiger partial charge in [0, 0.05) is 42.2 Å². The van der Waals surface area contributed by atoms with E-state index in [9.17, 15) is 0 Å². The molecule has 21 heavy (non-hydrogen) atoms. The third-order valence-electron chi connectivity index (χ3n) is 3.80. The van der Waals surface area contributed by atoms with Crippen LogP contribution in [-0.2, 0) is 6.42 Å². The minimum absolute atomic E-state index is 0.558. The summed E-state index contributed by atoms with van der Waals surface area (Å²) < 4.78 is 0. The average Bonchev–Trinajstić information content (AvgIpc) is 2.94. The molecule has 4 nitrogen and oxygen atoms in total. The number of hydrogen-bond acceptors (Lipinski definition) is 5. The molecule has 5 heteroatoms. The smallest absolute Gasteiger partial charge is 0.126 e. The maximum absolute atomic E-state index is 4.76. The second kappa shape index (κ2) is 7.00. The number of pyridine rings is 1. The third kappa shape index (κ3) is 4.02.